The fraction of sp³-hybridized carbons (Fsp3) is 0.500. The smallest absolute Gasteiger partial charge is 0.408 e. The van der Waals surface area contributed by atoms with Crippen LogP contribution in [0.15, 0.2) is 36.9 Å². The quantitative estimate of drug-likeness (QED) is 0.413. The lowest BCUT2D eigenvalue weighted by atomic mass is 10.0. The van der Waals surface area contributed by atoms with E-state index in [1.165, 1.54) is 4.90 Å². The summed E-state index contributed by atoms with van der Waals surface area (Å²) >= 11 is 0. The molecular weight excluding hydrogens is 418 g/mol. The Balaban J connectivity index is 3.28. The van der Waals surface area contributed by atoms with E-state index < -0.39 is 29.7 Å². The molecule has 180 valence electrons. The highest BCUT2D eigenvalue weighted by Crippen LogP contribution is 2.23. The molecule has 3 unspecified atom stereocenters. The van der Waals surface area contributed by atoms with Gasteiger partial charge in [0.25, 0.3) is 0 Å². The molecule has 0 saturated heterocycles. The van der Waals surface area contributed by atoms with Crippen LogP contribution in [0.25, 0.3) is 0 Å². The van der Waals surface area contributed by atoms with Gasteiger partial charge in [-0.2, -0.15) is 0 Å². The molecule has 0 aliphatic rings. The Hall–Kier alpha value is -3.27. The number of hydrogen-bond acceptors (Lipinski definition) is 4. The maximum absolute atomic E-state index is 13.4. The average molecular weight is 456 g/mol. The molecule has 3 atom stereocenters. The Morgan fingerprint density at radius 2 is 1.79 bits per heavy atom. The molecular formula is C26H37N3O4. The van der Waals surface area contributed by atoms with E-state index in [0.29, 0.717) is 11.1 Å². The van der Waals surface area contributed by atoms with Crippen molar-refractivity contribution in [3.8, 4) is 12.3 Å². The highest BCUT2D eigenvalue weighted by molar-refractivity contribution is 5.92. The number of nitrogens with one attached hydrogen (secondary N) is 2. The summed E-state index contributed by atoms with van der Waals surface area (Å²) in [5, 5.41) is 5.55. The first-order valence-corrected chi connectivity index (χ1v) is 11.2. The third kappa shape index (κ3) is 9.01. The van der Waals surface area contributed by atoms with Gasteiger partial charge in [-0.05, 0) is 58.7 Å². The van der Waals surface area contributed by atoms with Crippen LogP contribution in [0.4, 0.5) is 4.79 Å². The van der Waals surface area contributed by atoms with Gasteiger partial charge in [0.15, 0.2) is 0 Å². The molecule has 3 amide bonds. The Kier molecular flexibility index (Phi) is 10.7. The highest BCUT2D eigenvalue weighted by Gasteiger charge is 2.34. The molecule has 0 spiro atoms. The van der Waals surface area contributed by atoms with Gasteiger partial charge in [-0.3, -0.25) is 9.59 Å². The molecule has 7 nitrogen and oxygen atoms in total. The lowest BCUT2D eigenvalue weighted by Crippen LogP contribution is -2.52. The summed E-state index contributed by atoms with van der Waals surface area (Å²) in [6.07, 6.45) is 8.01. The molecule has 7 heteroatoms. The van der Waals surface area contributed by atoms with Gasteiger partial charge in [0.1, 0.15) is 17.7 Å². The van der Waals surface area contributed by atoms with E-state index in [1.54, 1.807) is 58.0 Å². The van der Waals surface area contributed by atoms with Crippen molar-refractivity contribution in [2.75, 3.05) is 6.54 Å². The van der Waals surface area contributed by atoms with Crippen molar-refractivity contribution in [2.45, 2.75) is 78.1 Å². The molecule has 0 fully saturated rings. The fourth-order valence-electron chi connectivity index (χ4n) is 3.32. The third-order valence-electron chi connectivity index (χ3n) is 4.78. The van der Waals surface area contributed by atoms with Crippen LogP contribution >= 0.6 is 0 Å². The third-order valence-corrected chi connectivity index (χ3v) is 4.78. The van der Waals surface area contributed by atoms with E-state index in [0.717, 1.165) is 12.8 Å². The van der Waals surface area contributed by atoms with Crippen LogP contribution in [0.1, 0.15) is 71.6 Å². The number of hydrogen-bond donors (Lipinski definition) is 2. The molecule has 0 heterocycles. The molecule has 1 aromatic carbocycles. The first-order chi connectivity index (χ1) is 15.4. The van der Waals surface area contributed by atoms with Crippen LogP contribution in [0.5, 0.6) is 0 Å². The van der Waals surface area contributed by atoms with Gasteiger partial charge in [-0.1, -0.05) is 37.5 Å². The van der Waals surface area contributed by atoms with E-state index in [4.69, 9.17) is 11.2 Å². The fourth-order valence-corrected chi connectivity index (χ4v) is 3.32. The summed E-state index contributed by atoms with van der Waals surface area (Å²) in [6.45, 7) is 14.6. The van der Waals surface area contributed by atoms with Gasteiger partial charge in [0.2, 0.25) is 11.8 Å². The maximum atomic E-state index is 13.4. The van der Waals surface area contributed by atoms with E-state index >= 15 is 0 Å². The van der Waals surface area contributed by atoms with E-state index in [1.807, 2.05) is 13.8 Å². The second-order valence-electron chi connectivity index (χ2n) is 9.01. The van der Waals surface area contributed by atoms with Gasteiger partial charge in [-0.25, -0.2) is 4.79 Å². The number of carbonyl (C=O) groups excluding carboxylic acids is 3. The minimum atomic E-state index is -0.926. The number of carbonyl (C=O) groups is 3. The molecule has 0 aromatic heterocycles. The van der Waals surface area contributed by atoms with Gasteiger partial charge in [0.05, 0.1) is 0 Å². The summed E-state index contributed by atoms with van der Waals surface area (Å²) in [5.74, 6) is 1.79. The topological polar surface area (TPSA) is 87.7 Å². The monoisotopic (exact) mass is 455 g/mol. The first-order valence-electron chi connectivity index (χ1n) is 11.2. The number of amides is 3. The number of alkyl carbamates (subject to hydrolysis) is 1. The Morgan fingerprint density at radius 3 is 2.27 bits per heavy atom. The van der Waals surface area contributed by atoms with Crippen molar-refractivity contribution in [3.05, 3.63) is 48.0 Å². The zero-order valence-electron chi connectivity index (χ0n) is 20.6. The summed E-state index contributed by atoms with van der Waals surface area (Å²) in [4.78, 5) is 40.3. The summed E-state index contributed by atoms with van der Waals surface area (Å²) < 4.78 is 5.26. The van der Waals surface area contributed by atoms with Crippen LogP contribution in [-0.2, 0) is 14.3 Å². The number of terminal acetylenes is 1. The zero-order valence-corrected chi connectivity index (χ0v) is 20.6. The number of ether oxygens (including phenoxy) is 1. The minimum Gasteiger partial charge on any atom is -0.444 e. The molecule has 33 heavy (non-hydrogen) atoms. The van der Waals surface area contributed by atoms with Crippen molar-refractivity contribution in [1.29, 1.82) is 0 Å². The first kappa shape index (κ1) is 27.8. The van der Waals surface area contributed by atoms with Gasteiger partial charge in [0, 0.05) is 18.2 Å². The maximum Gasteiger partial charge on any atom is 0.408 e. The largest absolute Gasteiger partial charge is 0.444 e. The standard InChI is InChI=1S/C26H37N3O4/c1-9-12-18(4)27-23(30)22(21-15-13-20(11-3)14-16-21)29(17-10-2)24(31)19(5)28-25(32)33-26(6,7)8/h3,10,13-16,18-19,22H,2,9,12,17H2,1,4-8H3,(H,27,30)(H,28,32). The Bertz CT molecular complexity index is 865. The van der Waals surface area contributed by atoms with Gasteiger partial charge < -0.3 is 20.3 Å². The van der Waals surface area contributed by atoms with Crippen LogP contribution in [0.2, 0.25) is 0 Å². The molecule has 1 aromatic rings. The molecule has 1 rings (SSSR count). The van der Waals surface area contributed by atoms with E-state index in [2.05, 4.69) is 23.1 Å². The molecule has 0 aliphatic carbocycles. The molecule has 0 saturated carbocycles. The van der Waals surface area contributed by atoms with Crippen molar-refractivity contribution < 1.29 is 19.1 Å². The second kappa shape index (κ2) is 12.7. The molecule has 0 radical (unpaired) electrons. The normalized spacial score (nSPS) is 13.6. The van der Waals surface area contributed by atoms with Crippen LogP contribution in [0, 0.1) is 12.3 Å². The van der Waals surface area contributed by atoms with Crippen LogP contribution in [0.3, 0.4) is 0 Å². The van der Waals surface area contributed by atoms with E-state index in [9.17, 15) is 14.4 Å². The SMILES string of the molecule is C#Cc1ccc(C(C(=O)NC(C)CCC)N(CC=C)C(=O)C(C)NC(=O)OC(C)(C)C)cc1. The van der Waals surface area contributed by atoms with Crippen molar-refractivity contribution in [3.63, 3.8) is 0 Å². The average Bonchev–Trinajstić information content (AvgIpc) is 2.72. The summed E-state index contributed by atoms with van der Waals surface area (Å²) in [5.41, 5.74) is 0.568. The molecule has 0 bridgehead atoms. The van der Waals surface area contributed by atoms with Crippen molar-refractivity contribution in [1.82, 2.24) is 15.5 Å². The Morgan fingerprint density at radius 1 is 1.18 bits per heavy atom. The summed E-state index contributed by atoms with van der Waals surface area (Å²) in [7, 11) is 0. The van der Waals surface area contributed by atoms with Crippen LogP contribution in [-0.4, -0.2) is 47.0 Å². The number of nitrogens with zero attached hydrogens (tertiary/aromatic N) is 1. The van der Waals surface area contributed by atoms with Gasteiger partial charge >= 0.3 is 6.09 Å². The second-order valence-corrected chi connectivity index (χ2v) is 9.01. The number of rotatable bonds is 10. The minimum absolute atomic E-state index is 0.0621. The van der Waals surface area contributed by atoms with Gasteiger partial charge in [-0.15, -0.1) is 13.0 Å². The predicted octanol–water partition coefficient (Wildman–Crippen LogP) is 3.94. The Labute approximate surface area is 197 Å². The van der Waals surface area contributed by atoms with E-state index in [-0.39, 0.29) is 18.5 Å². The molecule has 2 N–H and O–H groups in total. The highest BCUT2D eigenvalue weighted by atomic mass is 16.6. The van der Waals surface area contributed by atoms with Crippen molar-refractivity contribution in [2.24, 2.45) is 0 Å². The predicted molar refractivity (Wildman–Crippen MR) is 130 cm³/mol. The van der Waals surface area contributed by atoms with Crippen LogP contribution < -0.4 is 10.6 Å². The van der Waals surface area contributed by atoms with Crippen molar-refractivity contribution >= 4 is 17.9 Å². The lowest BCUT2D eigenvalue weighted by Gasteiger charge is -2.33. The summed E-state index contributed by atoms with van der Waals surface area (Å²) in [6, 6.07) is 5.01. The number of benzene rings is 1. The molecule has 0 aliphatic heterocycles. The zero-order chi connectivity index (χ0) is 25.2. The lowest BCUT2D eigenvalue weighted by molar-refractivity contribution is -0.141.